The number of hydrogen-bond acceptors (Lipinski definition) is 3. The summed E-state index contributed by atoms with van der Waals surface area (Å²) in [5.41, 5.74) is 12.0. The standard InChI is InChI=1S/C19H21N3O2/c1-24-18(23)10-6-5-7-15-11-13-17(14-12-15)19(21-22-20)16-8-3-2-4-9-16/h2-4,8-9,11-14,19H,5-7,10H2,1H3. The van der Waals surface area contributed by atoms with Gasteiger partial charge >= 0.3 is 5.97 Å². The molecule has 2 aromatic carbocycles. The van der Waals surface area contributed by atoms with Crippen molar-refractivity contribution in [2.75, 3.05) is 7.11 Å². The van der Waals surface area contributed by atoms with Gasteiger partial charge in [0.15, 0.2) is 0 Å². The van der Waals surface area contributed by atoms with Crippen molar-refractivity contribution in [2.45, 2.75) is 31.7 Å². The molecule has 2 aromatic rings. The normalized spacial score (nSPS) is 11.4. The number of rotatable bonds is 8. The highest BCUT2D eigenvalue weighted by Crippen LogP contribution is 2.26. The Morgan fingerprint density at radius 2 is 1.75 bits per heavy atom. The molecule has 1 atom stereocenters. The minimum Gasteiger partial charge on any atom is -0.469 e. The predicted octanol–water partition coefficient (Wildman–Crippen LogP) is 4.97. The monoisotopic (exact) mass is 323 g/mol. The third-order valence-electron chi connectivity index (χ3n) is 3.90. The van der Waals surface area contributed by atoms with Crippen LogP contribution in [-0.4, -0.2) is 13.1 Å². The van der Waals surface area contributed by atoms with E-state index in [1.54, 1.807) is 0 Å². The Morgan fingerprint density at radius 3 is 2.38 bits per heavy atom. The molecule has 0 saturated heterocycles. The van der Waals surface area contributed by atoms with Crippen LogP contribution in [0.25, 0.3) is 10.4 Å². The lowest BCUT2D eigenvalue weighted by molar-refractivity contribution is -0.140. The van der Waals surface area contributed by atoms with E-state index in [1.165, 1.54) is 12.7 Å². The summed E-state index contributed by atoms with van der Waals surface area (Å²) in [6, 6.07) is 17.5. The van der Waals surface area contributed by atoms with E-state index in [2.05, 4.69) is 26.9 Å². The van der Waals surface area contributed by atoms with E-state index in [9.17, 15) is 4.79 Å². The average molecular weight is 323 g/mol. The second-order valence-corrected chi connectivity index (χ2v) is 5.54. The molecule has 0 aromatic heterocycles. The first kappa shape index (κ1) is 17.6. The lowest BCUT2D eigenvalue weighted by atomic mass is 9.97. The van der Waals surface area contributed by atoms with Gasteiger partial charge in [0.05, 0.1) is 13.2 Å². The van der Waals surface area contributed by atoms with Gasteiger partial charge in [-0.05, 0) is 41.5 Å². The van der Waals surface area contributed by atoms with Gasteiger partial charge in [0.1, 0.15) is 0 Å². The summed E-state index contributed by atoms with van der Waals surface area (Å²) in [7, 11) is 1.41. The Kier molecular flexibility index (Phi) is 6.87. The number of hydrogen-bond donors (Lipinski definition) is 0. The molecule has 0 spiro atoms. The molecule has 0 N–H and O–H groups in total. The zero-order chi connectivity index (χ0) is 17.2. The number of esters is 1. The predicted molar refractivity (Wildman–Crippen MR) is 93.4 cm³/mol. The Hall–Kier alpha value is -2.78. The molecule has 2 rings (SSSR count). The number of benzene rings is 2. The molecule has 1 unspecified atom stereocenters. The Morgan fingerprint density at radius 1 is 1.08 bits per heavy atom. The van der Waals surface area contributed by atoms with E-state index in [0.29, 0.717) is 6.42 Å². The molecule has 5 nitrogen and oxygen atoms in total. The molecular formula is C19H21N3O2. The smallest absolute Gasteiger partial charge is 0.305 e. The molecule has 0 amide bonds. The maximum atomic E-state index is 11.1. The molecule has 0 aliphatic heterocycles. The van der Waals surface area contributed by atoms with Crippen LogP contribution < -0.4 is 0 Å². The largest absolute Gasteiger partial charge is 0.469 e. The Bertz CT molecular complexity index is 692. The van der Waals surface area contributed by atoms with E-state index in [0.717, 1.165) is 30.4 Å². The lowest BCUT2D eigenvalue weighted by Crippen LogP contribution is -2.00. The van der Waals surface area contributed by atoms with Crippen molar-refractivity contribution >= 4 is 5.97 Å². The highest BCUT2D eigenvalue weighted by Gasteiger charge is 2.11. The molecular weight excluding hydrogens is 302 g/mol. The van der Waals surface area contributed by atoms with Crippen LogP contribution >= 0.6 is 0 Å². The van der Waals surface area contributed by atoms with Gasteiger partial charge in [0.25, 0.3) is 0 Å². The van der Waals surface area contributed by atoms with E-state index in [1.807, 2.05) is 42.5 Å². The van der Waals surface area contributed by atoms with Crippen molar-refractivity contribution in [3.63, 3.8) is 0 Å². The van der Waals surface area contributed by atoms with Crippen LogP contribution in [0.2, 0.25) is 0 Å². The SMILES string of the molecule is COC(=O)CCCCc1ccc(C(N=[N+]=[N-])c2ccccc2)cc1. The van der Waals surface area contributed by atoms with Crippen LogP contribution in [0, 0.1) is 0 Å². The van der Waals surface area contributed by atoms with Crippen LogP contribution in [-0.2, 0) is 16.0 Å². The lowest BCUT2D eigenvalue weighted by Gasteiger charge is -2.12. The van der Waals surface area contributed by atoms with Crippen molar-refractivity contribution < 1.29 is 9.53 Å². The van der Waals surface area contributed by atoms with Gasteiger partial charge in [0, 0.05) is 11.3 Å². The van der Waals surface area contributed by atoms with E-state index >= 15 is 0 Å². The van der Waals surface area contributed by atoms with Gasteiger partial charge in [-0.25, -0.2) is 0 Å². The molecule has 5 heteroatoms. The third kappa shape index (κ3) is 5.14. The highest BCUT2D eigenvalue weighted by molar-refractivity contribution is 5.68. The van der Waals surface area contributed by atoms with Crippen LogP contribution in [0.4, 0.5) is 0 Å². The highest BCUT2D eigenvalue weighted by atomic mass is 16.5. The summed E-state index contributed by atoms with van der Waals surface area (Å²) in [6.07, 6.45) is 3.13. The number of nitrogens with zero attached hydrogens (tertiary/aromatic N) is 3. The number of carbonyl (C=O) groups excluding carboxylic acids is 1. The Balaban J connectivity index is 1.99. The topological polar surface area (TPSA) is 75.1 Å². The van der Waals surface area contributed by atoms with Crippen molar-refractivity contribution in [2.24, 2.45) is 5.11 Å². The summed E-state index contributed by atoms with van der Waals surface area (Å²) >= 11 is 0. The van der Waals surface area contributed by atoms with Crippen molar-refractivity contribution in [1.29, 1.82) is 0 Å². The number of methoxy groups -OCH3 is 1. The summed E-state index contributed by atoms with van der Waals surface area (Å²) in [5.74, 6) is -0.162. The third-order valence-corrected chi connectivity index (χ3v) is 3.90. The fourth-order valence-corrected chi connectivity index (χ4v) is 2.58. The minimum atomic E-state index is -0.315. The fraction of sp³-hybridized carbons (Fsp3) is 0.316. The molecule has 0 aliphatic carbocycles. The van der Waals surface area contributed by atoms with Crippen molar-refractivity contribution in [3.05, 3.63) is 81.7 Å². The maximum absolute atomic E-state index is 11.1. The van der Waals surface area contributed by atoms with Gasteiger partial charge < -0.3 is 4.74 Å². The van der Waals surface area contributed by atoms with Crippen LogP contribution in [0.3, 0.4) is 0 Å². The number of unbranched alkanes of at least 4 members (excludes halogenated alkanes) is 1. The van der Waals surface area contributed by atoms with Crippen molar-refractivity contribution in [3.8, 4) is 0 Å². The summed E-state index contributed by atoms with van der Waals surface area (Å²) < 4.78 is 4.63. The molecule has 0 radical (unpaired) electrons. The van der Waals surface area contributed by atoms with E-state index in [4.69, 9.17) is 5.53 Å². The fourth-order valence-electron chi connectivity index (χ4n) is 2.58. The molecule has 24 heavy (non-hydrogen) atoms. The molecule has 0 heterocycles. The summed E-state index contributed by atoms with van der Waals surface area (Å²) in [4.78, 5) is 14.1. The van der Waals surface area contributed by atoms with Gasteiger partial charge in [0.2, 0.25) is 0 Å². The van der Waals surface area contributed by atoms with E-state index in [-0.39, 0.29) is 12.0 Å². The van der Waals surface area contributed by atoms with Gasteiger partial charge in [-0.1, -0.05) is 59.7 Å². The first-order chi connectivity index (χ1) is 11.7. The maximum Gasteiger partial charge on any atom is 0.305 e. The Labute approximate surface area is 141 Å². The first-order valence-electron chi connectivity index (χ1n) is 7.99. The molecule has 0 bridgehead atoms. The molecule has 0 saturated carbocycles. The van der Waals surface area contributed by atoms with E-state index < -0.39 is 0 Å². The van der Waals surface area contributed by atoms with Gasteiger partial charge in [-0.3, -0.25) is 4.79 Å². The average Bonchev–Trinajstić information content (AvgIpc) is 2.64. The summed E-state index contributed by atoms with van der Waals surface area (Å²) in [5, 5.41) is 3.93. The minimum absolute atomic E-state index is 0.162. The second kappa shape index (κ2) is 9.38. The summed E-state index contributed by atoms with van der Waals surface area (Å²) in [6.45, 7) is 0. The molecule has 0 aliphatic rings. The number of azide groups is 1. The number of aryl methyl sites for hydroxylation is 1. The first-order valence-corrected chi connectivity index (χ1v) is 7.99. The quantitative estimate of drug-likeness (QED) is 0.226. The molecule has 0 fully saturated rings. The van der Waals surface area contributed by atoms with Crippen LogP contribution in [0.15, 0.2) is 59.7 Å². The zero-order valence-corrected chi connectivity index (χ0v) is 13.8. The molecule has 124 valence electrons. The van der Waals surface area contributed by atoms with Gasteiger partial charge in [-0.2, -0.15) is 0 Å². The second-order valence-electron chi connectivity index (χ2n) is 5.54. The number of carbonyl (C=O) groups is 1. The van der Waals surface area contributed by atoms with Crippen LogP contribution in [0.1, 0.15) is 42.0 Å². The van der Waals surface area contributed by atoms with Crippen molar-refractivity contribution in [1.82, 2.24) is 0 Å². The van der Waals surface area contributed by atoms with Gasteiger partial charge in [-0.15, -0.1) is 0 Å². The van der Waals surface area contributed by atoms with Crippen LogP contribution in [0.5, 0.6) is 0 Å². The zero-order valence-electron chi connectivity index (χ0n) is 13.8. The number of ether oxygens (including phenoxy) is 1.